The number of rotatable bonds is 10. The summed E-state index contributed by atoms with van der Waals surface area (Å²) in [4.78, 5) is 22.8. The first-order valence-corrected chi connectivity index (χ1v) is 8.11. The van der Waals surface area contributed by atoms with Gasteiger partial charge in [0.2, 0.25) is 0 Å². The molecule has 21 heavy (non-hydrogen) atoms. The summed E-state index contributed by atoms with van der Waals surface area (Å²) in [6.45, 7) is 3.66. The van der Waals surface area contributed by atoms with Gasteiger partial charge in [0, 0.05) is 0 Å². The third-order valence-corrected chi connectivity index (χ3v) is 3.60. The average Bonchev–Trinajstić information content (AvgIpc) is 2.34. The molecule has 9 heteroatoms. The summed E-state index contributed by atoms with van der Waals surface area (Å²) in [5.41, 5.74) is 0. The second-order valence-electron chi connectivity index (χ2n) is 4.24. The van der Waals surface area contributed by atoms with Crippen molar-refractivity contribution >= 4 is 22.1 Å². The van der Waals surface area contributed by atoms with Crippen LogP contribution in [0.3, 0.4) is 0 Å². The van der Waals surface area contributed by atoms with Crippen molar-refractivity contribution in [2.75, 3.05) is 13.2 Å². The molecule has 0 rings (SSSR count). The first-order chi connectivity index (χ1) is 9.32. The first-order valence-electron chi connectivity index (χ1n) is 6.61. The normalized spacial score (nSPS) is 12.1. The number of ether oxygens (including phenoxy) is 2. The molecule has 0 aromatic heterocycles. The Bertz CT molecular complexity index is 414. The van der Waals surface area contributed by atoms with Crippen LogP contribution in [0.5, 0.6) is 0 Å². The Kier molecular flexibility index (Phi) is 14.7. The molecule has 120 valence electrons. The van der Waals surface area contributed by atoms with Gasteiger partial charge in [0.05, 0.1) is 19.6 Å². The van der Waals surface area contributed by atoms with Crippen LogP contribution in [-0.2, 0) is 29.2 Å². The Morgan fingerprint density at radius 3 is 2.24 bits per heavy atom. The van der Waals surface area contributed by atoms with Crippen molar-refractivity contribution < 1.29 is 84.8 Å². The zero-order valence-corrected chi connectivity index (χ0v) is 16.8. The molecule has 0 aromatic carbocycles. The Hall–Kier alpha value is 0.486. The molecule has 0 saturated carbocycles. The van der Waals surface area contributed by atoms with Gasteiger partial charge in [0.25, 0.3) is 10.1 Å². The Morgan fingerprint density at radius 1 is 1.14 bits per heavy atom. The smallest absolute Gasteiger partial charge is 1.00 e. The number of hydrogen-bond donors (Lipinski definition) is 1. The number of carbonyl (C=O) groups is 2. The van der Waals surface area contributed by atoms with Crippen LogP contribution in [0.1, 0.15) is 47.4 Å². The average molecular weight is 350 g/mol. The quantitative estimate of drug-likeness (QED) is 0.220. The van der Waals surface area contributed by atoms with E-state index in [2.05, 4.69) is 4.74 Å². The van der Waals surface area contributed by atoms with Crippen LogP contribution >= 0.6 is 0 Å². The van der Waals surface area contributed by atoms with Crippen molar-refractivity contribution in [2.45, 2.75) is 51.2 Å². The summed E-state index contributed by atoms with van der Waals surface area (Å²) in [5.74, 6) is -2.00. The molecule has 0 aromatic rings. The van der Waals surface area contributed by atoms with E-state index in [1.54, 1.807) is 0 Å². The van der Waals surface area contributed by atoms with E-state index < -0.39 is 33.7 Å². The van der Waals surface area contributed by atoms with Gasteiger partial charge in [-0.15, -0.1) is 0 Å². The van der Waals surface area contributed by atoms with Crippen molar-refractivity contribution in [3.05, 3.63) is 0 Å². The molecule has 0 amide bonds. The summed E-state index contributed by atoms with van der Waals surface area (Å²) < 4.78 is 40.3. The largest absolute Gasteiger partial charge is 1.00 e. The molecule has 7 nitrogen and oxygen atoms in total. The fraction of sp³-hybridized carbons (Fsp3) is 0.833. The Balaban J connectivity index is -0.00000180. The predicted molar refractivity (Wildman–Crippen MR) is 72.8 cm³/mol. The standard InChI is InChI=1S/C12H22O7S.K.H/c1-3-5-6-7-8-19-11(13)9-10(20(15,16)17)12(14)18-4-2;;/h10H,3-9H2,1-2H3,(H,15,16,17);;/q;+1;-1. The minimum absolute atomic E-state index is 0. The number of hydrogen-bond acceptors (Lipinski definition) is 6. The van der Waals surface area contributed by atoms with Gasteiger partial charge in [0.15, 0.2) is 5.25 Å². The minimum atomic E-state index is -4.70. The molecule has 0 spiro atoms. The van der Waals surface area contributed by atoms with Crippen molar-refractivity contribution in [1.82, 2.24) is 0 Å². The number of carbonyl (C=O) groups excluding carboxylic acids is 2. The summed E-state index contributed by atoms with van der Waals surface area (Å²) in [6.07, 6.45) is 2.90. The van der Waals surface area contributed by atoms with E-state index in [0.717, 1.165) is 19.3 Å². The van der Waals surface area contributed by atoms with Crippen molar-refractivity contribution in [1.29, 1.82) is 0 Å². The summed E-state index contributed by atoms with van der Waals surface area (Å²) in [5, 5.41) is -1.93. The monoisotopic (exact) mass is 350 g/mol. The molecule has 1 atom stereocenters. The fourth-order valence-electron chi connectivity index (χ4n) is 1.47. The van der Waals surface area contributed by atoms with Crippen LogP contribution in [0.2, 0.25) is 0 Å². The van der Waals surface area contributed by atoms with E-state index in [1.165, 1.54) is 6.92 Å². The molecule has 0 aliphatic heterocycles. The minimum Gasteiger partial charge on any atom is -1.00 e. The third-order valence-electron chi connectivity index (χ3n) is 2.52. The van der Waals surface area contributed by atoms with Gasteiger partial charge in [-0.25, -0.2) is 0 Å². The molecule has 0 aliphatic carbocycles. The second kappa shape index (κ2) is 13.0. The van der Waals surface area contributed by atoms with Gasteiger partial charge < -0.3 is 10.9 Å². The molecule has 0 bridgehead atoms. The van der Waals surface area contributed by atoms with E-state index >= 15 is 0 Å². The van der Waals surface area contributed by atoms with Crippen LogP contribution in [0.15, 0.2) is 0 Å². The predicted octanol–water partition coefficient (Wildman–Crippen LogP) is -1.56. The SMILES string of the molecule is CCCCCCOC(=O)CC(C(=O)OCC)S(=O)(=O)O.[H-].[K+]. The molecule has 0 radical (unpaired) electrons. The van der Waals surface area contributed by atoms with E-state index in [4.69, 9.17) is 9.29 Å². The maximum atomic E-state index is 11.4. The van der Waals surface area contributed by atoms with Gasteiger partial charge in [-0.3, -0.25) is 14.1 Å². The van der Waals surface area contributed by atoms with Crippen molar-refractivity contribution in [2.24, 2.45) is 0 Å². The van der Waals surface area contributed by atoms with Crippen LogP contribution in [-0.4, -0.2) is 43.4 Å². The van der Waals surface area contributed by atoms with Gasteiger partial charge >= 0.3 is 63.3 Å². The first kappa shape index (κ1) is 23.7. The van der Waals surface area contributed by atoms with Crippen molar-refractivity contribution in [3.63, 3.8) is 0 Å². The van der Waals surface area contributed by atoms with Crippen LogP contribution in [0.25, 0.3) is 0 Å². The third kappa shape index (κ3) is 11.7. The Morgan fingerprint density at radius 2 is 1.76 bits per heavy atom. The molecule has 0 heterocycles. The van der Waals surface area contributed by atoms with Gasteiger partial charge in [-0.05, 0) is 13.3 Å². The maximum Gasteiger partial charge on any atom is 1.00 e. The number of unbranched alkanes of at least 4 members (excludes halogenated alkanes) is 3. The molecule has 1 unspecified atom stereocenters. The summed E-state index contributed by atoms with van der Waals surface area (Å²) >= 11 is 0. The molecule has 1 N–H and O–H groups in total. The zero-order chi connectivity index (χ0) is 15.6. The Labute approximate surface area is 169 Å². The molecular weight excluding hydrogens is 327 g/mol. The summed E-state index contributed by atoms with van der Waals surface area (Å²) in [6, 6.07) is 0. The maximum absolute atomic E-state index is 11.4. The topological polar surface area (TPSA) is 107 Å². The molecule has 0 aliphatic rings. The molecular formula is C12H23KO7S. The van der Waals surface area contributed by atoms with Gasteiger partial charge in [-0.1, -0.05) is 26.2 Å². The fourth-order valence-corrected chi connectivity index (χ4v) is 2.13. The van der Waals surface area contributed by atoms with Crippen LogP contribution in [0, 0.1) is 0 Å². The van der Waals surface area contributed by atoms with Crippen molar-refractivity contribution in [3.8, 4) is 0 Å². The second-order valence-corrected chi connectivity index (χ2v) is 5.84. The molecule has 0 fully saturated rings. The van der Waals surface area contributed by atoms with Gasteiger partial charge in [-0.2, -0.15) is 8.42 Å². The summed E-state index contributed by atoms with van der Waals surface area (Å²) in [7, 11) is -4.70. The zero-order valence-electron chi connectivity index (χ0n) is 13.8. The van der Waals surface area contributed by atoms with E-state index in [1.807, 2.05) is 6.92 Å². The number of esters is 2. The van der Waals surface area contributed by atoms with E-state index in [0.29, 0.717) is 6.42 Å². The molecule has 0 saturated heterocycles. The van der Waals surface area contributed by atoms with E-state index in [-0.39, 0.29) is 66.0 Å². The van der Waals surface area contributed by atoms with Crippen LogP contribution in [0.4, 0.5) is 0 Å². The van der Waals surface area contributed by atoms with Gasteiger partial charge in [0.1, 0.15) is 0 Å². The van der Waals surface area contributed by atoms with Crippen LogP contribution < -0.4 is 51.4 Å². The van der Waals surface area contributed by atoms with E-state index in [9.17, 15) is 18.0 Å².